The summed E-state index contributed by atoms with van der Waals surface area (Å²) in [6, 6.07) is 8.34. The van der Waals surface area contributed by atoms with Crippen LogP contribution in [0.1, 0.15) is 23.4 Å². The van der Waals surface area contributed by atoms with Gasteiger partial charge in [0.15, 0.2) is 0 Å². The molecule has 0 aliphatic carbocycles. The Hall–Kier alpha value is -3.29. The highest BCUT2D eigenvalue weighted by Gasteiger charge is 2.31. The van der Waals surface area contributed by atoms with Crippen molar-refractivity contribution < 1.29 is 22.6 Å². The number of alkyl halides is 3. The van der Waals surface area contributed by atoms with Crippen LogP contribution in [0.5, 0.6) is 11.5 Å². The zero-order valence-corrected chi connectivity index (χ0v) is 15.7. The van der Waals surface area contributed by atoms with Gasteiger partial charge in [-0.2, -0.15) is 13.2 Å². The molecular weight excluding hydrogens is 385 g/mol. The van der Waals surface area contributed by atoms with Crippen LogP contribution in [0.2, 0.25) is 0 Å². The Morgan fingerprint density at radius 2 is 1.90 bits per heavy atom. The number of methoxy groups -OCH3 is 2. The molecule has 3 aromatic rings. The van der Waals surface area contributed by atoms with Gasteiger partial charge in [-0.15, -0.1) is 0 Å². The topological polar surface area (TPSA) is 53.4 Å². The highest BCUT2D eigenvalue weighted by atomic mass is 19.4. The number of ether oxygens (including phenoxy) is 2. The molecule has 150 valence electrons. The van der Waals surface area contributed by atoms with E-state index in [1.165, 1.54) is 17.7 Å². The molecule has 0 fully saturated rings. The summed E-state index contributed by atoms with van der Waals surface area (Å²) in [6.07, 6.45) is -2.12. The van der Waals surface area contributed by atoms with E-state index in [-0.39, 0.29) is 16.5 Å². The van der Waals surface area contributed by atoms with Crippen molar-refractivity contribution in [1.82, 2.24) is 9.55 Å². The predicted octanol–water partition coefficient (Wildman–Crippen LogP) is 4.38. The third-order valence-corrected chi connectivity index (χ3v) is 4.94. The molecule has 0 amide bonds. The number of rotatable bonds is 3. The maximum atomic E-state index is 13.1. The van der Waals surface area contributed by atoms with Crippen LogP contribution < -0.4 is 15.0 Å². The summed E-state index contributed by atoms with van der Waals surface area (Å²) in [7, 11) is 3.09. The monoisotopic (exact) mass is 402 g/mol. The molecule has 2 heterocycles. The van der Waals surface area contributed by atoms with E-state index in [0.717, 1.165) is 23.3 Å². The maximum absolute atomic E-state index is 13.1. The molecule has 0 radical (unpaired) electrons. The van der Waals surface area contributed by atoms with Crippen LogP contribution in [0.3, 0.4) is 0 Å². The molecule has 4 rings (SSSR count). The van der Waals surface area contributed by atoms with Crippen molar-refractivity contribution in [2.24, 2.45) is 0 Å². The second-order valence-electron chi connectivity index (χ2n) is 6.65. The summed E-state index contributed by atoms with van der Waals surface area (Å²) in [5.41, 5.74) is 0.372. The minimum Gasteiger partial charge on any atom is -0.497 e. The number of nitrogens with zero attached hydrogens (tertiary/aromatic N) is 2. The lowest BCUT2D eigenvalue weighted by Crippen LogP contribution is -2.21. The fourth-order valence-electron chi connectivity index (χ4n) is 3.46. The van der Waals surface area contributed by atoms with Crippen LogP contribution in [-0.4, -0.2) is 23.8 Å². The summed E-state index contributed by atoms with van der Waals surface area (Å²) in [4.78, 5) is 17.1. The van der Waals surface area contributed by atoms with Crippen LogP contribution in [0, 0.1) is 0 Å². The number of allylic oxidation sites excluding steroid dienone is 1. The molecule has 29 heavy (non-hydrogen) atoms. The maximum Gasteiger partial charge on any atom is 0.416 e. The predicted molar refractivity (Wildman–Crippen MR) is 103 cm³/mol. The highest BCUT2D eigenvalue weighted by Crippen LogP contribution is 2.34. The van der Waals surface area contributed by atoms with Gasteiger partial charge in [0.2, 0.25) is 0 Å². The Morgan fingerprint density at radius 3 is 2.59 bits per heavy atom. The number of aromatic nitrogens is 2. The first-order chi connectivity index (χ1) is 13.8. The lowest BCUT2D eigenvalue weighted by atomic mass is 10.1. The number of halogens is 3. The Kier molecular flexibility index (Phi) is 4.56. The first kappa shape index (κ1) is 19.0. The SMILES string of the molecule is COc1ccc(/C=C2\CCn3c2nc2cc(C(F)(F)F)ccc2c3=O)c(OC)c1. The number of benzene rings is 2. The van der Waals surface area contributed by atoms with Crippen molar-refractivity contribution in [3.05, 3.63) is 63.7 Å². The molecule has 0 saturated heterocycles. The molecule has 0 spiro atoms. The minimum atomic E-state index is -4.50. The molecule has 1 aromatic heterocycles. The van der Waals surface area contributed by atoms with Crippen LogP contribution in [0.15, 0.2) is 41.2 Å². The fraction of sp³-hybridized carbons (Fsp3) is 0.238. The van der Waals surface area contributed by atoms with Crippen molar-refractivity contribution in [1.29, 1.82) is 0 Å². The molecule has 8 heteroatoms. The second-order valence-corrected chi connectivity index (χ2v) is 6.65. The number of hydrogen-bond acceptors (Lipinski definition) is 4. The van der Waals surface area contributed by atoms with E-state index in [0.29, 0.717) is 30.3 Å². The molecule has 0 atom stereocenters. The first-order valence-electron chi connectivity index (χ1n) is 8.86. The van der Waals surface area contributed by atoms with E-state index in [1.54, 1.807) is 19.2 Å². The summed E-state index contributed by atoms with van der Waals surface area (Å²) in [6.45, 7) is 0.419. The van der Waals surface area contributed by atoms with Gasteiger partial charge in [0, 0.05) is 18.2 Å². The molecule has 5 nitrogen and oxygen atoms in total. The number of hydrogen-bond donors (Lipinski definition) is 0. The van der Waals surface area contributed by atoms with Crippen LogP contribution in [0.25, 0.3) is 22.6 Å². The Bertz CT molecular complexity index is 1200. The fourth-order valence-corrected chi connectivity index (χ4v) is 3.46. The quantitative estimate of drug-likeness (QED) is 0.653. The molecule has 0 bridgehead atoms. The Balaban J connectivity index is 1.86. The zero-order valence-electron chi connectivity index (χ0n) is 15.7. The summed E-state index contributed by atoms with van der Waals surface area (Å²) in [5, 5.41) is 0.171. The lowest BCUT2D eigenvalue weighted by molar-refractivity contribution is -0.137. The van der Waals surface area contributed by atoms with Crippen molar-refractivity contribution in [2.75, 3.05) is 14.2 Å². The first-order valence-corrected chi connectivity index (χ1v) is 8.86. The molecule has 1 aliphatic rings. The van der Waals surface area contributed by atoms with Gasteiger partial charge in [-0.05, 0) is 48.4 Å². The van der Waals surface area contributed by atoms with Gasteiger partial charge in [-0.25, -0.2) is 4.98 Å². The molecule has 0 unspecified atom stereocenters. The van der Waals surface area contributed by atoms with Crippen LogP contribution in [-0.2, 0) is 12.7 Å². The molecule has 1 aliphatic heterocycles. The Morgan fingerprint density at radius 1 is 1.10 bits per heavy atom. The molecule has 0 saturated carbocycles. The molecule has 0 N–H and O–H groups in total. The van der Waals surface area contributed by atoms with Crippen molar-refractivity contribution >= 4 is 22.6 Å². The standard InChI is InChI=1S/C21H17F3N2O3/c1-28-15-5-3-12(18(11-15)29-2)9-13-7-8-26-19(13)25-17-10-14(21(22,23)24)4-6-16(17)20(26)27/h3-6,9-11H,7-8H2,1-2H3/b13-9+. The molecule has 2 aromatic carbocycles. The average Bonchev–Trinajstić information content (AvgIpc) is 3.10. The Labute approximate surface area is 164 Å². The van der Waals surface area contributed by atoms with Gasteiger partial charge >= 0.3 is 6.18 Å². The summed E-state index contributed by atoms with van der Waals surface area (Å²) >= 11 is 0. The van der Waals surface area contributed by atoms with E-state index in [1.807, 2.05) is 12.1 Å². The average molecular weight is 402 g/mol. The zero-order chi connectivity index (χ0) is 20.8. The minimum absolute atomic E-state index is 0.0329. The van der Waals surface area contributed by atoms with Crippen molar-refractivity contribution in [3.8, 4) is 11.5 Å². The lowest BCUT2D eigenvalue weighted by Gasteiger charge is -2.10. The van der Waals surface area contributed by atoms with Gasteiger partial charge in [0.25, 0.3) is 5.56 Å². The van der Waals surface area contributed by atoms with E-state index in [4.69, 9.17) is 9.47 Å². The van der Waals surface area contributed by atoms with E-state index < -0.39 is 11.7 Å². The van der Waals surface area contributed by atoms with E-state index >= 15 is 0 Å². The third kappa shape index (κ3) is 3.35. The van der Waals surface area contributed by atoms with E-state index in [9.17, 15) is 18.0 Å². The summed E-state index contributed by atoms with van der Waals surface area (Å²) in [5.74, 6) is 1.59. The van der Waals surface area contributed by atoms with Crippen LogP contribution in [0.4, 0.5) is 13.2 Å². The van der Waals surface area contributed by atoms with Crippen molar-refractivity contribution in [3.63, 3.8) is 0 Å². The largest absolute Gasteiger partial charge is 0.497 e. The molecular formula is C21H17F3N2O3. The highest BCUT2D eigenvalue weighted by molar-refractivity contribution is 5.86. The smallest absolute Gasteiger partial charge is 0.416 e. The van der Waals surface area contributed by atoms with Gasteiger partial charge in [0.05, 0.1) is 30.7 Å². The second kappa shape index (κ2) is 6.95. The summed E-state index contributed by atoms with van der Waals surface area (Å²) < 4.78 is 51.2. The van der Waals surface area contributed by atoms with Gasteiger partial charge in [-0.1, -0.05) is 0 Å². The van der Waals surface area contributed by atoms with Gasteiger partial charge in [-0.3, -0.25) is 9.36 Å². The van der Waals surface area contributed by atoms with E-state index in [2.05, 4.69) is 4.98 Å². The van der Waals surface area contributed by atoms with Gasteiger partial charge in [0.1, 0.15) is 17.3 Å². The van der Waals surface area contributed by atoms with Crippen molar-refractivity contribution in [2.45, 2.75) is 19.1 Å². The van der Waals surface area contributed by atoms with Crippen LogP contribution >= 0.6 is 0 Å². The normalized spacial score (nSPS) is 15.0. The number of fused-ring (bicyclic) bond motifs is 2. The third-order valence-electron chi connectivity index (χ3n) is 4.94. The van der Waals surface area contributed by atoms with Gasteiger partial charge < -0.3 is 9.47 Å².